The second-order valence-corrected chi connectivity index (χ2v) is 8.84. The van der Waals surface area contributed by atoms with E-state index in [2.05, 4.69) is 15.7 Å². The van der Waals surface area contributed by atoms with Crippen LogP contribution in [0.1, 0.15) is 50.3 Å². The molecule has 0 spiro atoms. The van der Waals surface area contributed by atoms with E-state index < -0.39 is 0 Å². The second kappa shape index (κ2) is 9.90. The number of benzene rings is 2. The van der Waals surface area contributed by atoms with Gasteiger partial charge < -0.3 is 15.7 Å². The maximum atomic E-state index is 13.0. The van der Waals surface area contributed by atoms with Crippen molar-refractivity contribution in [3.05, 3.63) is 65.9 Å². The number of nitrogens with zero attached hydrogens (tertiary/aromatic N) is 2. The lowest BCUT2D eigenvalue weighted by Crippen LogP contribution is -2.33. The minimum absolute atomic E-state index is 0.0480. The van der Waals surface area contributed by atoms with Gasteiger partial charge in [-0.25, -0.2) is 4.79 Å². The Morgan fingerprint density at radius 2 is 1.88 bits per heavy atom. The van der Waals surface area contributed by atoms with E-state index in [0.29, 0.717) is 23.5 Å². The van der Waals surface area contributed by atoms with E-state index in [1.807, 2.05) is 50.2 Å². The molecular weight excluding hydrogens is 416 g/mol. The van der Waals surface area contributed by atoms with Gasteiger partial charge in [-0.1, -0.05) is 50.6 Å². The lowest BCUT2D eigenvalue weighted by atomic mass is 9.82. The number of anilines is 1. The number of carbonyl (C=O) groups excluding carboxylic acids is 2. The number of rotatable bonds is 7. The largest absolute Gasteiger partial charge is 0.507 e. The summed E-state index contributed by atoms with van der Waals surface area (Å²) in [5, 5.41) is 20.9. The summed E-state index contributed by atoms with van der Waals surface area (Å²) >= 11 is 0. The fourth-order valence-electron chi connectivity index (χ4n) is 3.82. The Morgan fingerprint density at radius 1 is 1.12 bits per heavy atom. The molecule has 1 aromatic heterocycles. The number of hydrogen-bond acceptors (Lipinski definition) is 4. The summed E-state index contributed by atoms with van der Waals surface area (Å²) in [6.07, 6.45) is 3.89. The van der Waals surface area contributed by atoms with E-state index in [9.17, 15) is 14.7 Å². The monoisotopic (exact) mass is 446 g/mol. The van der Waals surface area contributed by atoms with Crippen LogP contribution in [0.2, 0.25) is 0 Å². The van der Waals surface area contributed by atoms with Gasteiger partial charge >= 0.3 is 6.03 Å². The highest BCUT2D eigenvalue weighted by atomic mass is 16.3. The van der Waals surface area contributed by atoms with E-state index in [-0.39, 0.29) is 29.5 Å². The summed E-state index contributed by atoms with van der Waals surface area (Å²) in [4.78, 5) is 25.1. The first-order chi connectivity index (χ1) is 15.9. The number of phenols is 1. The van der Waals surface area contributed by atoms with Crippen molar-refractivity contribution in [3.63, 3.8) is 0 Å². The predicted molar refractivity (Wildman–Crippen MR) is 128 cm³/mol. The van der Waals surface area contributed by atoms with Crippen LogP contribution in [0, 0.1) is 5.92 Å². The van der Waals surface area contributed by atoms with Crippen LogP contribution in [-0.4, -0.2) is 33.4 Å². The van der Waals surface area contributed by atoms with Gasteiger partial charge in [0.25, 0.3) is 0 Å². The van der Waals surface area contributed by atoms with Crippen LogP contribution in [-0.2, 0) is 11.2 Å². The molecular formula is C26H30N4O3. The minimum atomic E-state index is -0.275. The van der Waals surface area contributed by atoms with Gasteiger partial charge in [0.1, 0.15) is 5.75 Å². The lowest BCUT2D eigenvalue weighted by molar-refractivity contribution is -0.118. The molecule has 172 valence electrons. The molecule has 3 N–H and O–H groups in total. The Hall–Kier alpha value is -3.61. The molecule has 1 fully saturated rings. The summed E-state index contributed by atoms with van der Waals surface area (Å²) in [7, 11) is 0. The first-order valence-electron chi connectivity index (χ1n) is 11.5. The Balaban J connectivity index is 1.56. The van der Waals surface area contributed by atoms with Crippen molar-refractivity contribution >= 4 is 17.6 Å². The summed E-state index contributed by atoms with van der Waals surface area (Å²) in [6.45, 7) is 4.14. The zero-order chi connectivity index (χ0) is 23.4. The van der Waals surface area contributed by atoms with Gasteiger partial charge in [-0.2, -0.15) is 9.78 Å². The molecule has 4 rings (SSSR count). The highest BCUT2D eigenvalue weighted by Crippen LogP contribution is 2.39. The van der Waals surface area contributed by atoms with Crippen molar-refractivity contribution in [1.29, 1.82) is 0 Å². The Morgan fingerprint density at radius 3 is 2.55 bits per heavy atom. The molecule has 0 bridgehead atoms. The zero-order valence-corrected chi connectivity index (χ0v) is 19.0. The number of phenolic OH excluding ortho intramolecular Hbond substituents is 1. The van der Waals surface area contributed by atoms with Crippen molar-refractivity contribution in [2.75, 3.05) is 11.9 Å². The van der Waals surface area contributed by atoms with Gasteiger partial charge in [-0.15, -0.1) is 0 Å². The third-order valence-corrected chi connectivity index (χ3v) is 6.05. The molecule has 2 aromatic carbocycles. The molecule has 1 aliphatic rings. The fourth-order valence-corrected chi connectivity index (χ4v) is 3.82. The van der Waals surface area contributed by atoms with Gasteiger partial charge in [-0.05, 0) is 49.1 Å². The highest BCUT2D eigenvalue weighted by molar-refractivity contribution is 5.93. The summed E-state index contributed by atoms with van der Waals surface area (Å²) < 4.78 is 1.43. The predicted octanol–water partition coefficient (Wildman–Crippen LogP) is 4.92. The molecule has 0 aliphatic heterocycles. The van der Waals surface area contributed by atoms with Gasteiger partial charge in [0.2, 0.25) is 5.91 Å². The SMILES string of the molecule is CC(C)C(=O)Nc1ccc(O)c(-c2cc(C3CCC3)n(C(=O)NCCc3ccccc3)n2)c1. The molecule has 7 heteroatoms. The van der Waals surface area contributed by atoms with Crippen molar-refractivity contribution in [1.82, 2.24) is 15.1 Å². The topological polar surface area (TPSA) is 96.2 Å². The van der Waals surface area contributed by atoms with E-state index in [4.69, 9.17) is 0 Å². The molecule has 33 heavy (non-hydrogen) atoms. The molecule has 0 unspecified atom stereocenters. The van der Waals surface area contributed by atoms with Crippen LogP contribution in [0.15, 0.2) is 54.6 Å². The first kappa shape index (κ1) is 22.6. The third kappa shape index (κ3) is 5.25. The Kier molecular flexibility index (Phi) is 6.77. The minimum Gasteiger partial charge on any atom is -0.507 e. The van der Waals surface area contributed by atoms with Crippen molar-refractivity contribution in [2.45, 2.75) is 45.4 Å². The van der Waals surface area contributed by atoms with Crippen LogP contribution in [0.3, 0.4) is 0 Å². The molecule has 7 nitrogen and oxygen atoms in total. The van der Waals surface area contributed by atoms with Gasteiger partial charge in [0, 0.05) is 29.6 Å². The molecule has 1 saturated carbocycles. The van der Waals surface area contributed by atoms with Crippen molar-refractivity contribution in [3.8, 4) is 17.0 Å². The average Bonchev–Trinajstić information content (AvgIpc) is 3.19. The highest BCUT2D eigenvalue weighted by Gasteiger charge is 2.27. The molecule has 0 atom stereocenters. The number of nitrogens with one attached hydrogen (secondary N) is 2. The van der Waals surface area contributed by atoms with E-state index in [0.717, 1.165) is 36.9 Å². The van der Waals surface area contributed by atoms with E-state index in [1.165, 1.54) is 10.7 Å². The first-order valence-corrected chi connectivity index (χ1v) is 11.5. The van der Waals surface area contributed by atoms with Crippen LogP contribution >= 0.6 is 0 Å². The number of carbonyl (C=O) groups is 2. The summed E-state index contributed by atoms with van der Waals surface area (Å²) in [5.41, 5.74) is 3.57. The summed E-state index contributed by atoms with van der Waals surface area (Å²) in [6, 6.07) is 16.5. The van der Waals surface area contributed by atoms with Crippen molar-refractivity contribution < 1.29 is 14.7 Å². The molecule has 2 amide bonds. The van der Waals surface area contributed by atoms with Gasteiger partial charge in [-0.3, -0.25) is 4.79 Å². The quantitative estimate of drug-likeness (QED) is 0.449. The molecule has 1 aliphatic carbocycles. The smallest absolute Gasteiger partial charge is 0.342 e. The standard InChI is InChI=1S/C26H30N4O3/c1-17(2)25(32)28-20-11-12-24(31)21(15-20)22-16-23(19-9-6-10-19)30(29-22)26(33)27-14-13-18-7-4-3-5-8-18/h3-5,7-8,11-12,15-17,19,31H,6,9-10,13-14H2,1-2H3,(H,27,33)(H,28,32). The van der Waals surface area contributed by atoms with Crippen LogP contribution in [0.25, 0.3) is 11.3 Å². The van der Waals surface area contributed by atoms with E-state index in [1.54, 1.807) is 12.1 Å². The van der Waals surface area contributed by atoms with Crippen LogP contribution < -0.4 is 10.6 Å². The molecule has 0 saturated heterocycles. The normalized spacial score (nSPS) is 13.5. The Bertz CT molecular complexity index is 1130. The maximum Gasteiger partial charge on any atom is 0.342 e. The number of hydrogen-bond donors (Lipinski definition) is 3. The van der Waals surface area contributed by atoms with Gasteiger partial charge in [0.15, 0.2) is 0 Å². The Labute approximate surface area is 193 Å². The van der Waals surface area contributed by atoms with Crippen LogP contribution in [0.4, 0.5) is 10.5 Å². The lowest BCUT2D eigenvalue weighted by Gasteiger charge is -2.25. The van der Waals surface area contributed by atoms with Crippen LogP contribution in [0.5, 0.6) is 5.75 Å². The summed E-state index contributed by atoms with van der Waals surface area (Å²) in [5.74, 6) is 0.0558. The van der Waals surface area contributed by atoms with Gasteiger partial charge in [0.05, 0.1) is 11.4 Å². The number of aromatic hydroxyl groups is 1. The molecule has 1 heterocycles. The zero-order valence-electron chi connectivity index (χ0n) is 19.0. The average molecular weight is 447 g/mol. The second-order valence-electron chi connectivity index (χ2n) is 8.84. The fraction of sp³-hybridized carbons (Fsp3) is 0.346. The molecule has 0 radical (unpaired) electrons. The molecule has 3 aromatic rings. The number of aromatic nitrogens is 2. The number of amides is 2. The van der Waals surface area contributed by atoms with Crippen molar-refractivity contribution in [2.24, 2.45) is 5.92 Å². The van der Waals surface area contributed by atoms with E-state index >= 15 is 0 Å². The third-order valence-electron chi connectivity index (χ3n) is 6.05. The maximum absolute atomic E-state index is 13.0.